The molecule has 5 rings (SSSR count). The van der Waals surface area contributed by atoms with E-state index in [1.165, 1.54) is 22.2 Å². The van der Waals surface area contributed by atoms with Crippen LogP contribution in [0, 0.1) is 0 Å². The maximum Gasteiger partial charge on any atom is 0.225 e. The van der Waals surface area contributed by atoms with Crippen LogP contribution >= 0.6 is 11.6 Å². The lowest BCUT2D eigenvalue weighted by Gasteiger charge is -2.44. The highest BCUT2D eigenvalue weighted by molar-refractivity contribution is 6.30. The number of hydrogen-bond donors (Lipinski definition) is 2. The Hall–Kier alpha value is -2.34. The monoisotopic (exact) mass is 408 g/mol. The lowest BCUT2D eigenvalue weighted by atomic mass is 9.94. The van der Waals surface area contributed by atoms with Crippen LogP contribution < -0.4 is 5.32 Å². The van der Waals surface area contributed by atoms with E-state index in [4.69, 9.17) is 11.6 Å². The van der Waals surface area contributed by atoms with Crippen LogP contribution in [0.3, 0.4) is 0 Å². The van der Waals surface area contributed by atoms with Crippen molar-refractivity contribution < 1.29 is 4.79 Å². The van der Waals surface area contributed by atoms with E-state index in [9.17, 15) is 4.79 Å². The summed E-state index contributed by atoms with van der Waals surface area (Å²) in [4.78, 5) is 20.9. The van der Waals surface area contributed by atoms with Crippen LogP contribution in [0.25, 0.3) is 10.9 Å². The van der Waals surface area contributed by atoms with Crippen LogP contribution in [0.15, 0.2) is 48.5 Å². The maximum absolute atomic E-state index is 12.3. The molecular formula is C23H25ClN4O. The number of para-hydroxylation sites is 1. The summed E-state index contributed by atoms with van der Waals surface area (Å²) >= 11 is 5.90. The number of amides is 1. The minimum atomic E-state index is 0.0531. The zero-order valence-electron chi connectivity index (χ0n) is 16.3. The molecule has 2 aromatic carbocycles. The highest BCUT2D eigenvalue weighted by Crippen LogP contribution is 2.31. The van der Waals surface area contributed by atoms with E-state index >= 15 is 0 Å². The van der Waals surface area contributed by atoms with Gasteiger partial charge in [-0.2, -0.15) is 0 Å². The number of nitrogens with one attached hydrogen (secondary N) is 2. The number of piperazine rings is 1. The van der Waals surface area contributed by atoms with Gasteiger partial charge in [0.2, 0.25) is 5.91 Å². The number of halogens is 1. The topological polar surface area (TPSA) is 51.4 Å². The van der Waals surface area contributed by atoms with Crippen LogP contribution in [0.1, 0.15) is 17.7 Å². The quantitative estimate of drug-likeness (QED) is 0.688. The molecule has 0 bridgehead atoms. The zero-order valence-corrected chi connectivity index (χ0v) is 17.1. The zero-order chi connectivity index (χ0) is 19.8. The van der Waals surface area contributed by atoms with Crippen LogP contribution in [-0.2, 0) is 17.8 Å². The predicted molar refractivity (Wildman–Crippen MR) is 117 cm³/mol. The molecule has 1 atom stereocenters. The smallest absolute Gasteiger partial charge is 0.225 e. The summed E-state index contributed by atoms with van der Waals surface area (Å²) < 4.78 is 0. The van der Waals surface area contributed by atoms with E-state index in [1.54, 1.807) is 12.1 Å². The minimum Gasteiger partial charge on any atom is -0.357 e. The van der Waals surface area contributed by atoms with Gasteiger partial charge in [-0.1, -0.05) is 29.8 Å². The molecule has 2 aliphatic heterocycles. The van der Waals surface area contributed by atoms with Gasteiger partial charge in [0.1, 0.15) is 0 Å². The van der Waals surface area contributed by atoms with Gasteiger partial charge in [0.25, 0.3) is 0 Å². The summed E-state index contributed by atoms with van der Waals surface area (Å²) in [5.74, 6) is 0.0531. The number of rotatable bonds is 4. The number of carbonyl (C=O) groups excluding carboxylic acids is 1. The molecular weight excluding hydrogens is 384 g/mol. The molecule has 29 heavy (non-hydrogen) atoms. The predicted octanol–water partition coefficient (Wildman–Crippen LogP) is 3.89. The average molecular weight is 409 g/mol. The second kappa shape index (κ2) is 7.82. The van der Waals surface area contributed by atoms with Gasteiger partial charge in [-0.25, -0.2) is 0 Å². The number of anilines is 1. The van der Waals surface area contributed by atoms with Crippen LogP contribution in [0.2, 0.25) is 5.02 Å². The van der Waals surface area contributed by atoms with Crippen LogP contribution in [0.5, 0.6) is 0 Å². The Morgan fingerprint density at radius 1 is 1.14 bits per heavy atom. The summed E-state index contributed by atoms with van der Waals surface area (Å²) in [5.41, 5.74) is 4.89. The van der Waals surface area contributed by atoms with Crippen molar-refractivity contribution in [1.29, 1.82) is 0 Å². The average Bonchev–Trinajstić information content (AvgIpc) is 3.09. The molecule has 1 aromatic heterocycles. The second-order valence-corrected chi connectivity index (χ2v) is 8.50. The Labute approximate surface area is 175 Å². The molecule has 0 radical (unpaired) electrons. The first-order valence-electron chi connectivity index (χ1n) is 10.3. The minimum absolute atomic E-state index is 0.0531. The Kier molecular flexibility index (Phi) is 5.04. The first kappa shape index (κ1) is 18.7. The number of H-pyrrole nitrogens is 1. The number of fused-ring (bicyclic) bond motifs is 4. The van der Waals surface area contributed by atoms with E-state index in [1.807, 2.05) is 12.1 Å². The van der Waals surface area contributed by atoms with E-state index in [0.29, 0.717) is 17.5 Å². The molecule has 2 aliphatic rings. The van der Waals surface area contributed by atoms with E-state index in [0.717, 1.165) is 44.8 Å². The van der Waals surface area contributed by atoms with Crippen molar-refractivity contribution in [3.05, 3.63) is 64.8 Å². The van der Waals surface area contributed by atoms with Crippen LogP contribution in [-0.4, -0.2) is 52.9 Å². The third kappa shape index (κ3) is 3.90. The molecule has 1 amide bonds. The van der Waals surface area contributed by atoms with Crippen LogP contribution in [0.4, 0.5) is 5.69 Å². The standard InChI is InChI=1S/C23H25ClN4O/c24-16-5-7-17(8-6-16)25-23(29)9-10-27-11-12-28-15-22-20(13-18(28)14-27)19-3-1-2-4-21(19)26-22/h1-8,18,26H,9-15H2,(H,25,29). The summed E-state index contributed by atoms with van der Waals surface area (Å²) in [6.07, 6.45) is 1.58. The largest absolute Gasteiger partial charge is 0.357 e. The number of aromatic nitrogens is 1. The lowest BCUT2D eigenvalue weighted by molar-refractivity contribution is -0.116. The SMILES string of the molecule is O=C(CCN1CCN2Cc3[nH]c4ccccc4c3CC2C1)Nc1ccc(Cl)cc1. The normalized spacial score (nSPS) is 19.7. The first-order chi connectivity index (χ1) is 14.2. The van der Waals surface area contributed by atoms with Gasteiger partial charge in [0.15, 0.2) is 0 Å². The van der Waals surface area contributed by atoms with Gasteiger partial charge >= 0.3 is 0 Å². The Balaban J connectivity index is 1.19. The molecule has 1 unspecified atom stereocenters. The molecule has 6 heteroatoms. The Bertz CT molecular complexity index is 1030. The molecule has 3 heterocycles. The van der Waals surface area contributed by atoms with Gasteiger partial charge in [0.05, 0.1) is 0 Å². The number of carbonyl (C=O) groups is 1. The highest BCUT2D eigenvalue weighted by Gasteiger charge is 2.33. The third-order valence-electron chi connectivity index (χ3n) is 6.17. The Morgan fingerprint density at radius 3 is 2.83 bits per heavy atom. The van der Waals surface area contributed by atoms with Gasteiger partial charge in [-0.3, -0.25) is 14.6 Å². The summed E-state index contributed by atoms with van der Waals surface area (Å²) in [5, 5.41) is 4.99. The molecule has 3 aromatic rings. The van der Waals surface area contributed by atoms with E-state index in [2.05, 4.69) is 44.4 Å². The Morgan fingerprint density at radius 2 is 1.97 bits per heavy atom. The van der Waals surface area contributed by atoms with Crippen molar-refractivity contribution in [3.8, 4) is 0 Å². The van der Waals surface area contributed by atoms with Crippen molar-refractivity contribution in [1.82, 2.24) is 14.8 Å². The number of benzene rings is 2. The fourth-order valence-corrected chi connectivity index (χ4v) is 4.77. The molecule has 0 saturated carbocycles. The van der Waals surface area contributed by atoms with Gasteiger partial charge in [-0.15, -0.1) is 0 Å². The van der Waals surface area contributed by atoms with Gasteiger partial charge in [-0.05, 0) is 42.3 Å². The van der Waals surface area contributed by atoms with E-state index < -0.39 is 0 Å². The molecule has 150 valence electrons. The molecule has 0 aliphatic carbocycles. The first-order valence-corrected chi connectivity index (χ1v) is 10.6. The molecule has 1 saturated heterocycles. The summed E-state index contributed by atoms with van der Waals surface area (Å²) in [7, 11) is 0. The summed E-state index contributed by atoms with van der Waals surface area (Å²) in [6, 6.07) is 16.4. The van der Waals surface area contributed by atoms with Crippen molar-refractivity contribution >= 4 is 34.1 Å². The molecule has 0 spiro atoms. The third-order valence-corrected chi connectivity index (χ3v) is 6.43. The second-order valence-electron chi connectivity index (χ2n) is 8.06. The number of hydrogen-bond acceptors (Lipinski definition) is 3. The molecule has 2 N–H and O–H groups in total. The van der Waals surface area contributed by atoms with E-state index in [-0.39, 0.29) is 5.91 Å². The van der Waals surface area contributed by atoms with Gasteiger partial charge in [0, 0.05) is 72.5 Å². The van der Waals surface area contributed by atoms with Gasteiger partial charge < -0.3 is 10.3 Å². The molecule has 5 nitrogen and oxygen atoms in total. The lowest BCUT2D eigenvalue weighted by Crippen LogP contribution is -2.55. The molecule has 1 fully saturated rings. The summed E-state index contributed by atoms with van der Waals surface area (Å²) in [6.45, 7) is 4.88. The van der Waals surface area contributed by atoms with Crippen molar-refractivity contribution in [2.75, 3.05) is 31.5 Å². The fraction of sp³-hybridized carbons (Fsp3) is 0.348. The maximum atomic E-state index is 12.3. The van der Waals surface area contributed by atoms with Crippen molar-refractivity contribution in [2.24, 2.45) is 0 Å². The number of aromatic amines is 1. The van der Waals surface area contributed by atoms with Crippen molar-refractivity contribution in [3.63, 3.8) is 0 Å². The highest BCUT2D eigenvalue weighted by atomic mass is 35.5. The van der Waals surface area contributed by atoms with Crippen molar-refractivity contribution in [2.45, 2.75) is 25.4 Å². The fourth-order valence-electron chi connectivity index (χ4n) is 4.64. The number of nitrogens with zero attached hydrogens (tertiary/aromatic N) is 2.